The first kappa shape index (κ1) is 25.7. The van der Waals surface area contributed by atoms with Crippen LogP contribution >= 0.6 is 23.2 Å². The van der Waals surface area contributed by atoms with E-state index < -0.39 is 11.8 Å². The normalized spacial score (nSPS) is 11.8. The van der Waals surface area contributed by atoms with E-state index in [9.17, 15) is 9.59 Å². The fraction of sp³-hybridized carbons (Fsp3) is 0.308. The molecule has 0 aliphatic carbocycles. The van der Waals surface area contributed by atoms with Gasteiger partial charge in [-0.1, -0.05) is 64.7 Å². The monoisotopic (exact) mass is 498 g/mol. The van der Waals surface area contributed by atoms with Crippen molar-refractivity contribution in [3.05, 3.63) is 81.4 Å². The Labute approximate surface area is 210 Å². The molecule has 0 atom stereocenters. The lowest BCUT2D eigenvalue weighted by Gasteiger charge is -2.20. The van der Waals surface area contributed by atoms with Gasteiger partial charge in [0, 0.05) is 12.4 Å². The first-order valence-corrected chi connectivity index (χ1v) is 11.6. The summed E-state index contributed by atoms with van der Waals surface area (Å²) < 4.78 is 0. The molecule has 0 unspecified atom stereocenters. The Morgan fingerprint density at radius 2 is 1.03 bits per heavy atom. The van der Waals surface area contributed by atoms with Crippen LogP contribution in [-0.4, -0.2) is 21.8 Å². The number of amides is 2. The van der Waals surface area contributed by atoms with Gasteiger partial charge in [-0.2, -0.15) is 0 Å². The van der Waals surface area contributed by atoms with Crippen molar-refractivity contribution in [1.82, 2.24) is 9.97 Å². The molecule has 0 saturated carbocycles. The van der Waals surface area contributed by atoms with Gasteiger partial charge in [-0.25, -0.2) is 0 Å². The molecule has 0 aliphatic rings. The van der Waals surface area contributed by atoms with Crippen LogP contribution in [0.4, 0.5) is 11.4 Å². The second-order valence-corrected chi connectivity index (χ2v) is 10.9. The predicted octanol–water partition coefficient (Wildman–Crippen LogP) is 6.88. The van der Waals surface area contributed by atoms with E-state index in [1.165, 1.54) is 12.1 Å². The van der Waals surface area contributed by atoms with E-state index in [2.05, 4.69) is 62.1 Å². The zero-order valence-electron chi connectivity index (χ0n) is 20.1. The number of nitrogens with zero attached hydrogens (tertiary/aromatic N) is 2. The lowest BCUT2D eigenvalue weighted by molar-refractivity contribution is 0.101. The highest BCUT2D eigenvalue weighted by Crippen LogP contribution is 2.33. The molecule has 8 heteroatoms. The number of pyridine rings is 2. The number of anilines is 2. The van der Waals surface area contributed by atoms with Crippen LogP contribution in [0.1, 0.15) is 73.6 Å². The van der Waals surface area contributed by atoms with Gasteiger partial charge in [-0.3, -0.25) is 19.6 Å². The zero-order chi connectivity index (χ0) is 25.3. The number of carbonyl (C=O) groups is 2. The molecule has 0 bridgehead atoms. The van der Waals surface area contributed by atoms with Gasteiger partial charge in [0.05, 0.1) is 21.4 Å². The molecule has 178 valence electrons. The van der Waals surface area contributed by atoms with Crippen molar-refractivity contribution in [2.75, 3.05) is 10.6 Å². The van der Waals surface area contributed by atoms with Crippen molar-refractivity contribution < 1.29 is 9.59 Å². The average molecular weight is 499 g/mol. The summed E-state index contributed by atoms with van der Waals surface area (Å²) in [5, 5.41) is 6.04. The van der Waals surface area contributed by atoms with Gasteiger partial charge in [0.2, 0.25) is 0 Å². The van der Waals surface area contributed by atoms with E-state index in [0.717, 1.165) is 11.1 Å². The summed E-state index contributed by atoms with van der Waals surface area (Å²) in [6.07, 6.45) is 3.20. The molecule has 0 aliphatic heterocycles. The van der Waals surface area contributed by atoms with Crippen molar-refractivity contribution in [1.29, 1.82) is 0 Å². The first-order chi connectivity index (χ1) is 15.8. The van der Waals surface area contributed by atoms with Crippen LogP contribution in [0.3, 0.4) is 0 Å². The van der Waals surface area contributed by atoms with Gasteiger partial charge < -0.3 is 10.6 Å². The summed E-state index contributed by atoms with van der Waals surface area (Å²) >= 11 is 12.4. The van der Waals surface area contributed by atoms with E-state index in [1.807, 2.05) is 12.1 Å². The number of aromatic nitrogens is 2. The van der Waals surface area contributed by atoms with Crippen LogP contribution in [0.2, 0.25) is 10.0 Å². The summed E-state index contributed by atoms with van der Waals surface area (Å²) in [5.41, 5.74) is 2.74. The van der Waals surface area contributed by atoms with Crippen molar-refractivity contribution in [2.45, 2.75) is 52.4 Å². The second-order valence-electron chi connectivity index (χ2n) is 10.1. The lowest BCUT2D eigenvalue weighted by Crippen LogP contribution is -2.20. The molecule has 6 nitrogen and oxygen atoms in total. The molecule has 2 amide bonds. The van der Waals surface area contributed by atoms with Crippen LogP contribution in [0.25, 0.3) is 0 Å². The van der Waals surface area contributed by atoms with Crippen LogP contribution in [-0.2, 0) is 10.8 Å². The van der Waals surface area contributed by atoms with E-state index in [1.54, 1.807) is 24.5 Å². The van der Waals surface area contributed by atoms with Gasteiger partial charge in [0.1, 0.15) is 11.4 Å². The number of halogens is 2. The highest BCUT2D eigenvalue weighted by atomic mass is 35.5. The maximum atomic E-state index is 13.0. The second kappa shape index (κ2) is 9.72. The van der Waals surface area contributed by atoms with E-state index in [4.69, 9.17) is 23.2 Å². The minimum absolute atomic E-state index is 0.144. The summed E-state index contributed by atoms with van der Waals surface area (Å²) in [6.45, 7) is 12.3. The van der Waals surface area contributed by atoms with Crippen molar-refractivity contribution >= 4 is 46.4 Å². The molecule has 34 heavy (non-hydrogen) atoms. The molecule has 2 N–H and O–H groups in total. The number of nitrogens with one attached hydrogen (secondary N) is 2. The van der Waals surface area contributed by atoms with Crippen molar-refractivity contribution in [2.24, 2.45) is 0 Å². The summed E-state index contributed by atoms with van der Waals surface area (Å²) in [6, 6.07) is 10.2. The quantitative estimate of drug-likeness (QED) is 0.410. The average Bonchev–Trinajstić information content (AvgIpc) is 2.76. The highest BCUT2D eigenvalue weighted by molar-refractivity contribution is 6.42. The molecule has 3 rings (SSSR count). The maximum absolute atomic E-state index is 13.0. The van der Waals surface area contributed by atoms with Gasteiger partial charge in [0.25, 0.3) is 11.8 Å². The van der Waals surface area contributed by atoms with Gasteiger partial charge in [0.15, 0.2) is 0 Å². The fourth-order valence-electron chi connectivity index (χ4n) is 3.17. The van der Waals surface area contributed by atoms with E-state index in [0.29, 0.717) is 11.4 Å². The molecular formula is C26H28Cl2N4O2. The molecule has 0 radical (unpaired) electrons. The molecule has 0 fully saturated rings. The van der Waals surface area contributed by atoms with Crippen LogP contribution in [0, 0.1) is 0 Å². The Kier molecular flexibility index (Phi) is 7.34. The van der Waals surface area contributed by atoms with Crippen molar-refractivity contribution in [3.63, 3.8) is 0 Å². The SMILES string of the molecule is CC(C)(C)c1ccnc(C(=O)Nc2cc(Cl)c(Cl)cc2NC(=O)c2cc(C(C)(C)C)ccn2)c1. The molecule has 2 aromatic heterocycles. The van der Waals surface area contributed by atoms with Crippen LogP contribution in [0.15, 0.2) is 48.8 Å². The van der Waals surface area contributed by atoms with Gasteiger partial charge >= 0.3 is 0 Å². The third-order valence-electron chi connectivity index (χ3n) is 5.27. The highest BCUT2D eigenvalue weighted by Gasteiger charge is 2.20. The van der Waals surface area contributed by atoms with Gasteiger partial charge in [-0.15, -0.1) is 0 Å². The third kappa shape index (κ3) is 6.13. The zero-order valence-corrected chi connectivity index (χ0v) is 21.6. The number of benzene rings is 1. The molecule has 2 heterocycles. The largest absolute Gasteiger partial charge is 0.319 e. The Hall–Kier alpha value is -2.96. The Bertz CT molecular complexity index is 1150. The number of hydrogen-bond donors (Lipinski definition) is 2. The Morgan fingerprint density at radius 3 is 1.35 bits per heavy atom. The standard InChI is InChI=1S/C26H28Cl2N4O2/c1-25(2,3)15-7-9-29-21(11-15)23(33)31-19-13-17(27)18(28)14-20(19)32-24(34)22-12-16(8-10-30-22)26(4,5)6/h7-14H,1-6H3,(H,31,33)(H,32,34). The number of carbonyl (C=O) groups excluding carboxylic acids is 2. The first-order valence-electron chi connectivity index (χ1n) is 10.8. The van der Waals surface area contributed by atoms with E-state index >= 15 is 0 Å². The van der Waals surface area contributed by atoms with E-state index in [-0.39, 0.29) is 32.3 Å². The maximum Gasteiger partial charge on any atom is 0.274 e. The molecule has 0 spiro atoms. The Balaban J connectivity index is 1.90. The van der Waals surface area contributed by atoms with Gasteiger partial charge in [-0.05, 0) is 58.4 Å². The van der Waals surface area contributed by atoms with Crippen molar-refractivity contribution in [3.8, 4) is 0 Å². The summed E-state index contributed by atoms with van der Waals surface area (Å²) in [7, 11) is 0. The summed E-state index contributed by atoms with van der Waals surface area (Å²) in [5.74, 6) is -0.874. The smallest absolute Gasteiger partial charge is 0.274 e. The predicted molar refractivity (Wildman–Crippen MR) is 138 cm³/mol. The lowest BCUT2D eigenvalue weighted by atomic mass is 9.87. The topological polar surface area (TPSA) is 84.0 Å². The molecule has 0 saturated heterocycles. The third-order valence-corrected chi connectivity index (χ3v) is 6.00. The minimum Gasteiger partial charge on any atom is -0.319 e. The van der Waals surface area contributed by atoms with Crippen LogP contribution < -0.4 is 10.6 Å². The number of rotatable bonds is 4. The fourth-order valence-corrected chi connectivity index (χ4v) is 3.50. The molecular weight excluding hydrogens is 471 g/mol. The Morgan fingerprint density at radius 1 is 0.676 bits per heavy atom. The minimum atomic E-state index is -0.437. The summed E-state index contributed by atoms with van der Waals surface area (Å²) in [4.78, 5) is 34.3. The number of hydrogen-bond acceptors (Lipinski definition) is 4. The molecule has 3 aromatic rings. The molecule has 1 aromatic carbocycles. The van der Waals surface area contributed by atoms with Crippen LogP contribution in [0.5, 0.6) is 0 Å².